The zero-order valence-corrected chi connectivity index (χ0v) is 9.18. The number of aromatic nitrogens is 1. The number of carbonyl (C=O) groups is 2. The summed E-state index contributed by atoms with van der Waals surface area (Å²) in [7, 11) is 0. The van der Waals surface area contributed by atoms with Crippen molar-refractivity contribution in [3.63, 3.8) is 0 Å². The zero-order valence-electron chi connectivity index (χ0n) is 8.36. The summed E-state index contributed by atoms with van der Waals surface area (Å²) in [4.78, 5) is 23.9. The van der Waals surface area contributed by atoms with Crippen LogP contribution in [-0.4, -0.2) is 32.4 Å². The van der Waals surface area contributed by atoms with Gasteiger partial charge in [-0.2, -0.15) is 0 Å². The van der Waals surface area contributed by atoms with Gasteiger partial charge in [-0.25, -0.2) is 4.79 Å². The fourth-order valence-electron chi connectivity index (χ4n) is 1.72. The number of carboxylic acids is 1. The fourth-order valence-corrected chi connectivity index (χ4v) is 2.84. The Bertz CT molecular complexity index is 561. The number of amides is 1. The molecule has 7 heteroatoms. The second-order valence-electron chi connectivity index (χ2n) is 3.50. The number of β-lactam (4-membered cyclic amide) rings is 1. The monoisotopic (exact) mass is 250 g/mol. The van der Waals surface area contributed by atoms with Crippen molar-refractivity contribution < 1.29 is 19.2 Å². The smallest absolute Gasteiger partial charge is 0.353 e. The second kappa shape index (κ2) is 3.49. The lowest BCUT2D eigenvalue weighted by atomic mass is 10.0. The summed E-state index contributed by atoms with van der Waals surface area (Å²) in [5.74, 6) is -1.38. The molecule has 2 aliphatic heterocycles. The molecule has 17 heavy (non-hydrogen) atoms. The Balaban J connectivity index is 1.87. The number of rotatable bonds is 2. The molecule has 0 spiro atoms. The van der Waals surface area contributed by atoms with Crippen molar-refractivity contribution in [2.45, 2.75) is 5.37 Å². The first-order valence-electron chi connectivity index (χ1n) is 4.73. The van der Waals surface area contributed by atoms with Crippen molar-refractivity contribution >= 4 is 29.7 Å². The van der Waals surface area contributed by atoms with Crippen LogP contribution in [0.25, 0.3) is 6.08 Å². The number of carbonyl (C=O) groups excluding carboxylic acids is 1. The molecule has 0 aliphatic carbocycles. The van der Waals surface area contributed by atoms with Crippen LogP contribution in [0.5, 0.6) is 0 Å². The summed E-state index contributed by atoms with van der Waals surface area (Å²) < 4.78 is 4.66. The van der Waals surface area contributed by atoms with Crippen LogP contribution < -0.4 is 0 Å². The van der Waals surface area contributed by atoms with Crippen LogP contribution in [0.1, 0.15) is 5.69 Å². The highest BCUT2D eigenvalue weighted by Crippen LogP contribution is 2.44. The van der Waals surface area contributed by atoms with Crippen molar-refractivity contribution in [2.75, 3.05) is 0 Å². The molecule has 0 bridgehead atoms. The Kier molecular flexibility index (Phi) is 2.08. The molecule has 3 rings (SSSR count). The van der Waals surface area contributed by atoms with Gasteiger partial charge >= 0.3 is 5.97 Å². The van der Waals surface area contributed by atoms with Gasteiger partial charge in [-0.15, -0.1) is 11.8 Å². The number of carboxylic acid groups (broad SMARTS) is 1. The highest BCUT2D eigenvalue weighted by atomic mass is 32.2. The number of aliphatic carboxylic acids is 1. The molecule has 3 heterocycles. The van der Waals surface area contributed by atoms with Gasteiger partial charge < -0.3 is 9.63 Å². The molecule has 2 aliphatic rings. The largest absolute Gasteiger partial charge is 0.477 e. The van der Waals surface area contributed by atoms with Crippen LogP contribution in [0.3, 0.4) is 0 Å². The van der Waals surface area contributed by atoms with E-state index in [0.29, 0.717) is 11.3 Å². The van der Waals surface area contributed by atoms with Crippen LogP contribution in [0.2, 0.25) is 0 Å². The lowest BCUT2D eigenvalue weighted by molar-refractivity contribution is -0.141. The van der Waals surface area contributed by atoms with E-state index in [-0.39, 0.29) is 17.0 Å². The molecule has 1 fully saturated rings. The van der Waals surface area contributed by atoms with Gasteiger partial charge in [-0.3, -0.25) is 9.69 Å². The predicted molar refractivity (Wildman–Crippen MR) is 58.4 cm³/mol. The highest BCUT2D eigenvalue weighted by Gasteiger charge is 2.49. The second-order valence-corrected chi connectivity index (χ2v) is 4.45. The molecule has 1 atom stereocenters. The summed E-state index contributed by atoms with van der Waals surface area (Å²) in [5, 5.41) is 13.8. The topological polar surface area (TPSA) is 83.6 Å². The molecule has 0 saturated carbocycles. The van der Waals surface area contributed by atoms with E-state index < -0.39 is 5.97 Å². The molecular weight excluding hydrogens is 244 g/mol. The molecule has 1 saturated heterocycles. The normalized spacial score (nSPS) is 24.6. The van der Waals surface area contributed by atoms with E-state index in [1.54, 1.807) is 12.1 Å². The van der Waals surface area contributed by atoms with E-state index in [1.807, 2.05) is 0 Å². The van der Waals surface area contributed by atoms with Crippen LogP contribution in [0, 0.1) is 0 Å². The first-order chi connectivity index (χ1) is 8.18. The van der Waals surface area contributed by atoms with Crippen molar-refractivity contribution in [2.24, 2.45) is 0 Å². The average molecular weight is 250 g/mol. The van der Waals surface area contributed by atoms with E-state index in [9.17, 15) is 9.59 Å². The number of hydrogen-bond acceptors (Lipinski definition) is 5. The number of nitrogens with zero attached hydrogens (tertiary/aromatic N) is 2. The zero-order chi connectivity index (χ0) is 12.0. The standard InChI is InChI=1S/C10H6N2O4S/c13-8-6(3-5-1-2-16-11-5)9-12(8)7(4-17-9)10(14)15/h1-4,9H,(H,14,15)/b6-3-. The van der Waals surface area contributed by atoms with Gasteiger partial charge in [-0.1, -0.05) is 5.16 Å². The molecule has 86 valence electrons. The van der Waals surface area contributed by atoms with E-state index in [2.05, 4.69) is 9.68 Å². The van der Waals surface area contributed by atoms with E-state index in [4.69, 9.17) is 5.11 Å². The van der Waals surface area contributed by atoms with Gasteiger partial charge in [0.2, 0.25) is 0 Å². The maximum absolute atomic E-state index is 11.8. The number of thioether (sulfide) groups is 1. The van der Waals surface area contributed by atoms with Crippen molar-refractivity contribution in [1.82, 2.24) is 10.1 Å². The van der Waals surface area contributed by atoms with Gasteiger partial charge in [0.05, 0.1) is 5.57 Å². The molecule has 6 nitrogen and oxygen atoms in total. The Morgan fingerprint density at radius 3 is 3.12 bits per heavy atom. The minimum absolute atomic E-state index is 0.0299. The Labute approximate surface area is 99.6 Å². The lowest BCUT2D eigenvalue weighted by Crippen LogP contribution is -2.51. The number of fused-ring (bicyclic) bond motifs is 1. The lowest BCUT2D eigenvalue weighted by Gasteiger charge is -2.36. The first kappa shape index (κ1) is 10.2. The van der Waals surface area contributed by atoms with Gasteiger partial charge in [0.25, 0.3) is 5.91 Å². The maximum atomic E-state index is 11.8. The van der Waals surface area contributed by atoms with Crippen LogP contribution in [0.4, 0.5) is 0 Å². The maximum Gasteiger partial charge on any atom is 0.353 e. The Morgan fingerprint density at radius 2 is 2.47 bits per heavy atom. The fraction of sp³-hybridized carbons (Fsp3) is 0.100. The summed E-state index contributed by atoms with van der Waals surface area (Å²) in [6.07, 6.45) is 3.02. The quantitative estimate of drug-likeness (QED) is 0.620. The van der Waals surface area contributed by atoms with Crippen molar-refractivity contribution in [3.8, 4) is 0 Å². The van der Waals surface area contributed by atoms with Crippen LogP contribution in [0.15, 0.2) is 33.5 Å². The minimum Gasteiger partial charge on any atom is -0.477 e. The molecule has 1 unspecified atom stereocenters. The van der Waals surface area contributed by atoms with Crippen molar-refractivity contribution in [3.05, 3.63) is 34.7 Å². The average Bonchev–Trinajstić information content (AvgIpc) is 2.93. The molecule has 1 amide bonds. The molecular formula is C10H6N2O4S. The summed E-state index contributed by atoms with van der Waals surface area (Å²) in [6, 6.07) is 1.63. The molecule has 1 aromatic rings. The van der Waals surface area contributed by atoms with Gasteiger partial charge in [0, 0.05) is 11.5 Å². The summed E-state index contributed by atoms with van der Waals surface area (Å²) in [5.41, 5.74) is 1.12. The third-order valence-corrected chi connectivity index (χ3v) is 3.60. The predicted octanol–water partition coefficient (Wildman–Crippen LogP) is 0.899. The minimum atomic E-state index is -1.09. The van der Waals surface area contributed by atoms with Crippen molar-refractivity contribution in [1.29, 1.82) is 0 Å². The van der Waals surface area contributed by atoms with Gasteiger partial charge in [0.15, 0.2) is 0 Å². The molecule has 0 radical (unpaired) electrons. The van der Waals surface area contributed by atoms with E-state index in [0.717, 1.165) is 0 Å². The molecule has 1 aromatic heterocycles. The molecule has 0 aromatic carbocycles. The SMILES string of the molecule is O=C(O)C1=CSC2/C(=C\c3ccon3)C(=O)N12. The van der Waals surface area contributed by atoms with E-state index >= 15 is 0 Å². The molecule has 1 N–H and O–H groups in total. The third kappa shape index (κ3) is 1.39. The Morgan fingerprint density at radius 1 is 1.65 bits per heavy atom. The van der Waals surface area contributed by atoms with Crippen LogP contribution >= 0.6 is 11.8 Å². The highest BCUT2D eigenvalue weighted by molar-refractivity contribution is 8.03. The Hall–Kier alpha value is -2.02. The van der Waals surface area contributed by atoms with Gasteiger partial charge in [-0.05, 0) is 6.08 Å². The van der Waals surface area contributed by atoms with Crippen LogP contribution in [-0.2, 0) is 9.59 Å². The van der Waals surface area contributed by atoms with Gasteiger partial charge in [0.1, 0.15) is 23.0 Å². The first-order valence-corrected chi connectivity index (χ1v) is 5.67. The summed E-state index contributed by atoms with van der Waals surface area (Å²) in [6.45, 7) is 0. The number of hydrogen-bond donors (Lipinski definition) is 1. The third-order valence-electron chi connectivity index (χ3n) is 2.51. The summed E-state index contributed by atoms with van der Waals surface area (Å²) >= 11 is 1.30. The van der Waals surface area contributed by atoms with E-state index in [1.165, 1.54) is 28.3 Å².